The van der Waals surface area contributed by atoms with Gasteiger partial charge in [-0.15, -0.1) is 0 Å². The fraction of sp³-hybridized carbons (Fsp3) is 0.333. The average molecular weight is 241 g/mol. The van der Waals surface area contributed by atoms with Crippen LogP contribution in [-0.2, 0) is 6.54 Å². The molecule has 1 unspecified atom stereocenters. The van der Waals surface area contributed by atoms with Crippen molar-refractivity contribution < 1.29 is 0 Å². The highest BCUT2D eigenvalue weighted by atomic mass is 14.9. The first kappa shape index (κ1) is 12.7. The molecule has 0 bridgehead atoms. The molecule has 18 heavy (non-hydrogen) atoms. The lowest BCUT2D eigenvalue weighted by Gasteiger charge is -2.15. The summed E-state index contributed by atoms with van der Waals surface area (Å²) in [6.07, 6.45) is 3.35. The molecule has 1 aromatic carbocycles. The van der Waals surface area contributed by atoms with Crippen molar-refractivity contribution in [2.24, 2.45) is 0 Å². The maximum Gasteiger partial charge on any atom is 0.115 e. The second-order valence-electron chi connectivity index (χ2n) is 4.72. The van der Waals surface area contributed by atoms with Crippen LogP contribution in [0, 0.1) is 13.8 Å². The van der Waals surface area contributed by atoms with E-state index in [0.717, 1.165) is 12.2 Å². The van der Waals surface area contributed by atoms with Crippen molar-refractivity contribution in [2.45, 2.75) is 33.4 Å². The molecule has 94 valence electrons. The van der Waals surface area contributed by atoms with Crippen LogP contribution >= 0.6 is 0 Å². The molecular formula is C15H19N3. The van der Waals surface area contributed by atoms with E-state index in [1.165, 1.54) is 16.7 Å². The van der Waals surface area contributed by atoms with E-state index in [9.17, 15) is 0 Å². The minimum absolute atomic E-state index is 0.318. The fourth-order valence-corrected chi connectivity index (χ4v) is 2.06. The quantitative estimate of drug-likeness (QED) is 0.894. The van der Waals surface area contributed by atoms with Gasteiger partial charge >= 0.3 is 0 Å². The second kappa shape index (κ2) is 5.74. The van der Waals surface area contributed by atoms with Crippen molar-refractivity contribution in [2.75, 3.05) is 0 Å². The van der Waals surface area contributed by atoms with Crippen LogP contribution in [0.2, 0.25) is 0 Å². The van der Waals surface area contributed by atoms with Crippen LogP contribution in [0.15, 0.2) is 36.8 Å². The number of rotatable bonds is 4. The number of benzene rings is 1. The van der Waals surface area contributed by atoms with E-state index in [1.807, 2.05) is 6.07 Å². The van der Waals surface area contributed by atoms with Gasteiger partial charge in [-0.05, 0) is 32.4 Å². The molecule has 0 saturated heterocycles. The average Bonchev–Trinajstić information content (AvgIpc) is 2.36. The topological polar surface area (TPSA) is 37.8 Å². The summed E-state index contributed by atoms with van der Waals surface area (Å²) in [5, 5.41) is 3.48. The lowest BCUT2D eigenvalue weighted by Crippen LogP contribution is -2.19. The van der Waals surface area contributed by atoms with Gasteiger partial charge in [0.1, 0.15) is 6.33 Å². The minimum atomic E-state index is 0.318. The second-order valence-corrected chi connectivity index (χ2v) is 4.72. The molecule has 1 heterocycles. The van der Waals surface area contributed by atoms with Crippen molar-refractivity contribution in [1.29, 1.82) is 0 Å². The Bertz CT molecular complexity index is 488. The number of aryl methyl sites for hydroxylation is 2. The molecule has 0 amide bonds. The van der Waals surface area contributed by atoms with E-state index in [2.05, 4.69) is 54.3 Å². The highest BCUT2D eigenvalue weighted by Gasteiger charge is 2.06. The first-order chi connectivity index (χ1) is 8.65. The Balaban J connectivity index is 2.01. The van der Waals surface area contributed by atoms with Gasteiger partial charge in [-0.3, -0.25) is 0 Å². The molecule has 1 atom stereocenters. The molecule has 1 aromatic heterocycles. The van der Waals surface area contributed by atoms with Crippen LogP contribution in [0.1, 0.15) is 35.3 Å². The molecule has 2 aromatic rings. The fourth-order valence-electron chi connectivity index (χ4n) is 2.06. The molecule has 0 radical (unpaired) electrons. The number of nitrogens with one attached hydrogen (secondary N) is 1. The molecule has 0 aliphatic heterocycles. The van der Waals surface area contributed by atoms with Gasteiger partial charge < -0.3 is 5.32 Å². The zero-order valence-electron chi connectivity index (χ0n) is 11.1. The van der Waals surface area contributed by atoms with E-state index in [4.69, 9.17) is 0 Å². The number of hydrogen-bond donors (Lipinski definition) is 1. The Labute approximate surface area is 108 Å². The number of nitrogens with zero attached hydrogens (tertiary/aromatic N) is 2. The van der Waals surface area contributed by atoms with Crippen molar-refractivity contribution in [3.63, 3.8) is 0 Å². The van der Waals surface area contributed by atoms with Gasteiger partial charge in [0, 0.05) is 18.8 Å². The van der Waals surface area contributed by atoms with Crippen molar-refractivity contribution in [3.8, 4) is 0 Å². The molecule has 3 nitrogen and oxygen atoms in total. The predicted octanol–water partition coefficient (Wildman–Crippen LogP) is 2.94. The molecule has 1 N–H and O–H groups in total. The Hall–Kier alpha value is -1.74. The smallest absolute Gasteiger partial charge is 0.115 e. The minimum Gasteiger partial charge on any atom is -0.305 e. The van der Waals surface area contributed by atoms with Gasteiger partial charge in [-0.1, -0.05) is 29.3 Å². The van der Waals surface area contributed by atoms with E-state index in [-0.39, 0.29) is 0 Å². The summed E-state index contributed by atoms with van der Waals surface area (Å²) in [4.78, 5) is 8.12. The first-order valence-corrected chi connectivity index (χ1v) is 6.21. The lowest BCUT2D eigenvalue weighted by molar-refractivity contribution is 0.566. The molecule has 3 heteroatoms. The summed E-state index contributed by atoms with van der Waals surface area (Å²) >= 11 is 0. The SMILES string of the molecule is Cc1cc(C)cc(C(C)NCc2ccncn2)c1. The largest absolute Gasteiger partial charge is 0.305 e. The Morgan fingerprint density at radius 1 is 1.17 bits per heavy atom. The van der Waals surface area contributed by atoms with Crippen LogP contribution in [0.3, 0.4) is 0 Å². The number of aromatic nitrogens is 2. The Morgan fingerprint density at radius 3 is 2.50 bits per heavy atom. The van der Waals surface area contributed by atoms with E-state index < -0.39 is 0 Å². The summed E-state index contributed by atoms with van der Waals surface area (Å²) in [6.45, 7) is 7.20. The van der Waals surface area contributed by atoms with Crippen LogP contribution in [0.25, 0.3) is 0 Å². The van der Waals surface area contributed by atoms with E-state index >= 15 is 0 Å². The Kier molecular flexibility index (Phi) is 4.05. The highest BCUT2D eigenvalue weighted by molar-refractivity contribution is 5.30. The van der Waals surface area contributed by atoms with Gasteiger partial charge in [0.15, 0.2) is 0 Å². The Morgan fingerprint density at radius 2 is 1.89 bits per heavy atom. The third kappa shape index (κ3) is 3.37. The summed E-state index contributed by atoms with van der Waals surface area (Å²) in [5.41, 5.74) is 4.95. The van der Waals surface area contributed by atoms with Crippen molar-refractivity contribution >= 4 is 0 Å². The maximum atomic E-state index is 4.21. The van der Waals surface area contributed by atoms with Gasteiger partial charge in [0.2, 0.25) is 0 Å². The van der Waals surface area contributed by atoms with Crippen LogP contribution in [0.5, 0.6) is 0 Å². The predicted molar refractivity (Wildman–Crippen MR) is 73.2 cm³/mol. The van der Waals surface area contributed by atoms with E-state index in [1.54, 1.807) is 12.5 Å². The van der Waals surface area contributed by atoms with Crippen LogP contribution in [-0.4, -0.2) is 9.97 Å². The van der Waals surface area contributed by atoms with Crippen molar-refractivity contribution in [3.05, 3.63) is 59.2 Å². The van der Waals surface area contributed by atoms with Gasteiger partial charge in [0.25, 0.3) is 0 Å². The zero-order chi connectivity index (χ0) is 13.0. The normalized spacial score (nSPS) is 12.4. The third-order valence-corrected chi connectivity index (χ3v) is 2.98. The summed E-state index contributed by atoms with van der Waals surface area (Å²) in [5.74, 6) is 0. The van der Waals surface area contributed by atoms with E-state index in [0.29, 0.717) is 6.04 Å². The first-order valence-electron chi connectivity index (χ1n) is 6.21. The summed E-state index contributed by atoms with van der Waals surface area (Å²) in [6, 6.07) is 8.90. The summed E-state index contributed by atoms with van der Waals surface area (Å²) in [7, 11) is 0. The molecular weight excluding hydrogens is 222 g/mol. The molecule has 2 rings (SSSR count). The van der Waals surface area contributed by atoms with Crippen LogP contribution in [0.4, 0.5) is 0 Å². The highest BCUT2D eigenvalue weighted by Crippen LogP contribution is 2.16. The van der Waals surface area contributed by atoms with Gasteiger partial charge in [-0.2, -0.15) is 0 Å². The monoisotopic (exact) mass is 241 g/mol. The van der Waals surface area contributed by atoms with Gasteiger partial charge in [-0.25, -0.2) is 9.97 Å². The molecule has 0 spiro atoms. The molecule has 0 aliphatic rings. The van der Waals surface area contributed by atoms with Crippen molar-refractivity contribution in [1.82, 2.24) is 15.3 Å². The third-order valence-electron chi connectivity index (χ3n) is 2.98. The lowest BCUT2D eigenvalue weighted by atomic mass is 10.0. The number of hydrogen-bond acceptors (Lipinski definition) is 3. The summed E-state index contributed by atoms with van der Waals surface area (Å²) < 4.78 is 0. The zero-order valence-corrected chi connectivity index (χ0v) is 11.1. The standard InChI is InChI=1S/C15H19N3/c1-11-6-12(2)8-14(7-11)13(3)17-9-15-4-5-16-10-18-15/h4-8,10,13,17H,9H2,1-3H3. The van der Waals surface area contributed by atoms with Crippen LogP contribution < -0.4 is 5.32 Å². The maximum absolute atomic E-state index is 4.21. The van der Waals surface area contributed by atoms with Gasteiger partial charge in [0.05, 0.1) is 5.69 Å². The molecule has 0 saturated carbocycles. The molecule has 0 aliphatic carbocycles. The molecule has 0 fully saturated rings.